The number of nitrogens with zero attached hydrogens (tertiary/aromatic N) is 1. The first-order valence-corrected chi connectivity index (χ1v) is 3.95. The third-order valence-corrected chi connectivity index (χ3v) is 1.93. The van der Waals surface area contributed by atoms with E-state index in [9.17, 15) is 0 Å². The summed E-state index contributed by atoms with van der Waals surface area (Å²) in [6, 6.07) is 0. The van der Waals surface area contributed by atoms with Crippen molar-refractivity contribution < 1.29 is 0 Å². The van der Waals surface area contributed by atoms with E-state index in [2.05, 4.69) is 23.8 Å². The molecule has 11 heavy (non-hydrogen) atoms. The lowest BCUT2D eigenvalue weighted by Crippen LogP contribution is -2.18. The summed E-state index contributed by atoms with van der Waals surface area (Å²) in [5, 5.41) is 0. The summed E-state index contributed by atoms with van der Waals surface area (Å²) >= 11 is 0. The number of imidazole rings is 1. The van der Waals surface area contributed by atoms with Gasteiger partial charge in [0.05, 0.1) is 0 Å². The van der Waals surface area contributed by atoms with Crippen LogP contribution in [0.2, 0.25) is 0 Å². The number of hydrogen-bond acceptors (Lipinski definition) is 2. The van der Waals surface area contributed by atoms with E-state index in [-0.39, 0.29) is 0 Å². The summed E-state index contributed by atoms with van der Waals surface area (Å²) in [5.74, 6) is 1.92. The summed E-state index contributed by atoms with van der Waals surface area (Å²) < 4.78 is 0. The minimum absolute atomic E-state index is 0.366. The summed E-state index contributed by atoms with van der Waals surface area (Å²) in [6.45, 7) is 4.96. The number of rotatable bonds is 3. The number of H-pyrrole nitrogens is 1. The molecule has 0 radical (unpaired) electrons. The Balaban J connectivity index is 2.71. The highest BCUT2D eigenvalue weighted by Crippen LogP contribution is 2.18. The van der Waals surface area contributed by atoms with E-state index in [0.29, 0.717) is 18.4 Å². The van der Waals surface area contributed by atoms with Crippen LogP contribution in [-0.4, -0.2) is 16.5 Å². The van der Waals surface area contributed by atoms with Crippen molar-refractivity contribution in [3.63, 3.8) is 0 Å². The number of aromatic amines is 1. The van der Waals surface area contributed by atoms with Gasteiger partial charge in [0.15, 0.2) is 0 Å². The first-order valence-electron chi connectivity index (χ1n) is 3.95. The van der Waals surface area contributed by atoms with Crippen molar-refractivity contribution in [1.82, 2.24) is 9.97 Å². The Hall–Kier alpha value is -0.830. The third kappa shape index (κ3) is 1.80. The quantitative estimate of drug-likeness (QED) is 0.683. The molecule has 0 bridgehead atoms. The van der Waals surface area contributed by atoms with Gasteiger partial charge >= 0.3 is 0 Å². The van der Waals surface area contributed by atoms with Gasteiger partial charge in [0.1, 0.15) is 5.82 Å². The van der Waals surface area contributed by atoms with Gasteiger partial charge in [-0.25, -0.2) is 4.98 Å². The van der Waals surface area contributed by atoms with Crippen LogP contribution in [0.25, 0.3) is 0 Å². The Bertz CT molecular complexity index is 191. The molecule has 1 atom stereocenters. The lowest BCUT2D eigenvalue weighted by molar-refractivity contribution is 0.487. The summed E-state index contributed by atoms with van der Waals surface area (Å²) in [6.07, 6.45) is 3.60. The van der Waals surface area contributed by atoms with E-state index < -0.39 is 0 Å². The Morgan fingerprint density at radius 1 is 1.64 bits per heavy atom. The zero-order chi connectivity index (χ0) is 8.27. The molecule has 3 nitrogen and oxygen atoms in total. The van der Waals surface area contributed by atoms with Crippen LogP contribution < -0.4 is 5.73 Å². The van der Waals surface area contributed by atoms with Crippen LogP contribution in [0.15, 0.2) is 12.4 Å². The predicted molar refractivity (Wildman–Crippen MR) is 45.2 cm³/mol. The summed E-state index contributed by atoms with van der Waals surface area (Å²) in [7, 11) is 0. The molecule has 1 rings (SSSR count). The SMILES string of the molecule is CC(C)C(CN)c1ncc[nH]1. The molecule has 0 saturated heterocycles. The van der Waals surface area contributed by atoms with E-state index in [0.717, 1.165) is 5.82 Å². The Labute approximate surface area is 67.0 Å². The van der Waals surface area contributed by atoms with E-state index in [1.807, 2.05) is 6.20 Å². The molecular weight excluding hydrogens is 138 g/mol. The van der Waals surface area contributed by atoms with Gasteiger partial charge < -0.3 is 10.7 Å². The monoisotopic (exact) mass is 153 g/mol. The van der Waals surface area contributed by atoms with Gasteiger partial charge in [0.2, 0.25) is 0 Å². The summed E-state index contributed by atoms with van der Waals surface area (Å²) in [4.78, 5) is 7.25. The smallest absolute Gasteiger partial charge is 0.110 e. The minimum Gasteiger partial charge on any atom is -0.348 e. The van der Waals surface area contributed by atoms with E-state index in [1.54, 1.807) is 6.20 Å². The van der Waals surface area contributed by atoms with Crippen LogP contribution in [0.4, 0.5) is 0 Å². The molecule has 0 amide bonds. The van der Waals surface area contributed by atoms with E-state index >= 15 is 0 Å². The molecule has 0 aliphatic heterocycles. The second-order valence-corrected chi connectivity index (χ2v) is 3.06. The van der Waals surface area contributed by atoms with Crippen molar-refractivity contribution in [2.75, 3.05) is 6.54 Å². The van der Waals surface area contributed by atoms with Crippen molar-refractivity contribution in [1.29, 1.82) is 0 Å². The van der Waals surface area contributed by atoms with Gasteiger partial charge in [-0.3, -0.25) is 0 Å². The molecule has 0 aromatic carbocycles. The van der Waals surface area contributed by atoms with Gasteiger partial charge in [-0.1, -0.05) is 13.8 Å². The maximum absolute atomic E-state index is 5.60. The zero-order valence-electron chi connectivity index (χ0n) is 7.04. The highest BCUT2D eigenvalue weighted by molar-refractivity contribution is 4.98. The maximum atomic E-state index is 5.60. The number of nitrogens with one attached hydrogen (secondary N) is 1. The Kier molecular flexibility index (Phi) is 2.65. The molecule has 3 heteroatoms. The zero-order valence-corrected chi connectivity index (χ0v) is 7.04. The van der Waals surface area contributed by atoms with Crippen LogP contribution in [0.3, 0.4) is 0 Å². The molecule has 0 spiro atoms. The standard InChI is InChI=1S/C8H15N3/c1-6(2)7(5-9)8-10-3-4-11-8/h3-4,6-7H,5,9H2,1-2H3,(H,10,11). The summed E-state index contributed by atoms with van der Waals surface area (Å²) in [5.41, 5.74) is 5.60. The van der Waals surface area contributed by atoms with Crippen LogP contribution >= 0.6 is 0 Å². The van der Waals surface area contributed by atoms with Gasteiger partial charge in [-0.15, -0.1) is 0 Å². The lowest BCUT2D eigenvalue weighted by Gasteiger charge is -2.15. The maximum Gasteiger partial charge on any atom is 0.110 e. The van der Waals surface area contributed by atoms with Crippen LogP contribution in [-0.2, 0) is 0 Å². The van der Waals surface area contributed by atoms with Crippen molar-refractivity contribution in [2.24, 2.45) is 11.7 Å². The average Bonchev–Trinajstić information content (AvgIpc) is 2.40. The molecule has 0 aliphatic rings. The fraction of sp³-hybridized carbons (Fsp3) is 0.625. The molecule has 1 unspecified atom stereocenters. The number of aromatic nitrogens is 2. The van der Waals surface area contributed by atoms with Crippen LogP contribution in [0.5, 0.6) is 0 Å². The molecule has 3 N–H and O–H groups in total. The van der Waals surface area contributed by atoms with E-state index in [1.165, 1.54) is 0 Å². The van der Waals surface area contributed by atoms with Gasteiger partial charge in [-0.05, 0) is 5.92 Å². The van der Waals surface area contributed by atoms with Crippen molar-refractivity contribution >= 4 is 0 Å². The molecular formula is C8H15N3. The first-order chi connectivity index (χ1) is 5.25. The number of nitrogens with two attached hydrogens (primary N) is 1. The first kappa shape index (κ1) is 8.27. The fourth-order valence-electron chi connectivity index (χ4n) is 1.18. The lowest BCUT2D eigenvalue weighted by atomic mass is 9.95. The van der Waals surface area contributed by atoms with Crippen molar-refractivity contribution in [3.8, 4) is 0 Å². The average molecular weight is 153 g/mol. The van der Waals surface area contributed by atoms with Gasteiger partial charge in [0.25, 0.3) is 0 Å². The molecule has 62 valence electrons. The highest BCUT2D eigenvalue weighted by Gasteiger charge is 2.15. The normalized spacial score (nSPS) is 13.8. The minimum atomic E-state index is 0.366. The van der Waals surface area contributed by atoms with Crippen molar-refractivity contribution in [3.05, 3.63) is 18.2 Å². The van der Waals surface area contributed by atoms with E-state index in [4.69, 9.17) is 5.73 Å². The van der Waals surface area contributed by atoms with Crippen molar-refractivity contribution in [2.45, 2.75) is 19.8 Å². The predicted octanol–water partition coefficient (Wildman–Crippen LogP) is 1.11. The second kappa shape index (κ2) is 3.53. The third-order valence-electron chi connectivity index (χ3n) is 1.93. The fourth-order valence-corrected chi connectivity index (χ4v) is 1.18. The Morgan fingerprint density at radius 2 is 2.36 bits per heavy atom. The van der Waals surface area contributed by atoms with Gasteiger partial charge in [0, 0.05) is 24.9 Å². The molecule has 1 aromatic rings. The highest BCUT2D eigenvalue weighted by atomic mass is 14.9. The molecule has 0 fully saturated rings. The second-order valence-electron chi connectivity index (χ2n) is 3.06. The van der Waals surface area contributed by atoms with Crippen LogP contribution in [0.1, 0.15) is 25.6 Å². The van der Waals surface area contributed by atoms with Gasteiger partial charge in [-0.2, -0.15) is 0 Å². The van der Waals surface area contributed by atoms with Crippen LogP contribution in [0, 0.1) is 5.92 Å². The largest absolute Gasteiger partial charge is 0.348 e. The topological polar surface area (TPSA) is 54.7 Å². The molecule has 1 aromatic heterocycles. The molecule has 0 aliphatic carbocycles. The Morgan fingerprint density at radius 3 is 2.73 bits per heavy atom. The number of hydrogen-bond donors (Lipinski definition) is 2. The molecule has 1 heterocycles. The molecule has 0 saturated carbocycles.